The molecule has 0 spiro atoms. The Morgan fingerprint density at radius 3 is 2.27 bits per heavy atom. The molecule has 1 rings (SSSR count). The van der Waals surface area contributed by atoms with Gasteiger partial charge in [0.25, 0.3) is 0 Å². The van der Waals surface area contributed by atoms with Gasteiger partial charge in [0.2, 0.25) is 0 Å². The van der Waals surface area contributed by atoms with Gasteiger partial charge in [-0.3, -0.25) is 0 Å². The normalized spacial score (nSPS) is 12.7. The van der Waals surface area contributed by atoms with E-state index in [1.54, 1.807) is 12.1 Å². The van der Waals surface area contributed by atoms with Gasteiger partial charge in [-0.2, -0.15) is 13.2 Å². The molecule has 0 N–H and O–H groups in total. The summed E-state index contributed by atoms with van der Waals surface area (Å²) in [5.74, 6) is 0. The van der Waals surface area contributed by atoms with Crippen LogP contribution in [0, 0.1) is 0 Å². The Balaban J connectivity index is 3.08. The maximum absolute atomic E-state index is 12.5. The first-order valence-electron chi connectivity index (χ1n) is 4.55. The molecule has 0 saturated heterocycles. The van der Waals surface area contributed by atoms with Gasteiger partial charge < -0.3 is 0 Å². The van der Waals surface area contributed by atoms with Gasteiger partial charge >= 0.3 is 6.18 Å². The molecule has 81 valence electrons. The standard InChI is InChI=1S/C11H12F3Si/c1-15(2)8-7-9-5-3-4-6-10(9)11(12,13)14/h3-8H,1-2H3. The van der Waals surface area contributed by atoms with E-state index in [4.69, 9.17) is 0 Å². The van der Waals surface area contributed by atoms with Crippen molar-refractivity contribution >= 4 is 14.9 Å². The van der Waals surface area contributed by atoms with Crippen molar-refractivity contribution < 1.29 is 13.2 Å². The Kier molecular flexibility index (Phi) is 3.74. The number of rotatable bonds is 2. The van der Waals surface area contributed by atoms with Crippen LogP contribution in [-0.4, -0.2) is 8.80 Å². The van der Waals surface area contributed by atoms with Crippen LogP contribution in [0.15, 0.2) is 30.0 Å². The van der Waals surface area contributed by atoms with E-state index >= 15 is 0 Å². The highest BCUT2D eigenvalue weighted by Gasteiger charge is 2.32. The van der Waals surface area contributed by atoms with Gasteiger partial charge in [-0.15, -0.1) is 0 Å². The molecule has 0 nitrogen and oxygen atoms in total. The minimum Gasteiger partial charge on any atom is -0.166 e. The molecule has 0 saturated carbocycles. The molecule has 1 aromatic carbocycles. The second kappa shape index (κ2) is 4.66. The van der Waals surface area contributed by atoms with Crippen LogP contribution in [0.1, 0.15) is 11.1 Å². The van der Waals surface area contributed by atoms with Crippen molar-refractivity contribution in [3.63, 3.8) is 0 Å². The molecule has 0 aromatic heterocycles. The molecule has 4 heteroatoms. The summed E-state index contributed by atoms with van der Waals surface area (Å²) in [5, 5.41) is 0. The Labute approximate surface area is 89.0 Å². The van der Waals surface area contributed by atoms with Crippen molar-refractivity contribution in [2.45, 2.75) is 19.3 Å². The molecular formula is C11H12F3Si. The summed E-state index contributed by atoms with van der Waals surface area (Å²) < 4.78 is 37.6. The highest BCUT2D eigenvalue weighted by molar-refractivity contribution is 6.62. The molecule has 0 aliphatic rings. The summed E-state index contributed by atoms with van der Waals surface area (Å²) in [7, 11) is -0.642. The Bertz CT molecular complexity index is 353. The van der Waals surface area contributed by atoms with Gasteiger partial charge in [0.05, 0.1) is 14.4 Å². The first-order valence-corrected chi connectivity index (χ1v) is 7.13. The first-order chi connectivity index (χ1) is 6.91. The highest BCUT2D eigenvalue weighted by atomic mass is 28.3. The van der Waals surface area contributed by atoms with E-state index in [2.05, 4.69) is 0 Å². The van der Waals surface area contributed by atoms with Crippen LogP contribution in [0.3, 0.4) is 0 Å². The fourth-order valence-electron chi connectivity index (χ4n) is 1.16. The van der Waals surface area contributed by atoms with Crippen LogP contribution in [0.5, 0.6) is 0 Å². The van der Waals surface area contributed by atoms with Crippen LogP contribution in [0.4, 0.5) is 13.2 Å². The first kappa shape index (κ1) is 12.0. The molecule has 1 aromatic rings. The third kappa shape index (κ3) is 3.55. The Hall–Kier alpha value is -1.03. The van der Waals surface area contributed by atoms with E-state index in [1.165, 1.54) is 12.1 Å². The number of hydrogen-bond acceptors (Lipinski definition) is 0. The Morgan fingerprint density at radius 2 is 1.73 bits per heavy atom. The summed E-state index contributed by atoms with van der Waals surface area (Å²) in [6, 6.07) is 5.62. The fourth-order valence-corrected chi connectivity index (χ4v) is 1.67. The summed E-state index contributed by atoms with van der Waals surface area (Å²) in [5.41, 5.74) is 1.54. The molecule has 0 heterocycles. The molecule has 0 aliphatic carbocycles. The molecule has 0 fully saturated rings. The predicted octanol–water partition coefficient (Wildman–Crippen LogP) is 4.01. The average molecular weight is 229 g/mol. The number of hydrogen-bond donors (Lipinski definition) is 0. The van der Waals surface area contributed by atoms with Crippen molar-refractivity contribution in [2.75, 3.05) is 0 Å². The summed E-state index contributed by atoms with van der Waals surface area (Å²) in [4.78, 5) is 0. The van der Waals surface area contributed by atoms with Crippen LogP contribution in [0.2, 0.25) is 13.1 Å². The second-order valence-electron chi connectivity index (χ2n) is 3.50. The smallest absolute Gasteiger partial charge is 0.166 e. The van der Waals surface area contributed by atoms with E-state index in [0.29, 0.717) is 0 Å². The lowest BCUT2D eigenvalue weighted by Gasteiger charge is -2.09. The maximum atomic E-state index is 12.5. The van der Waals surface area contributed by atoms with Crippen LogP contribution < -0.4 is 0 Å². The van der Waals surface area contributed by atoms with Crippen molar-refractivity contribution in [3.8, 4) is 0 Å². The lowest BCUT2D eigenvalue weighted by molar-refractivity contribution is -0.137. The highest BCUT2D eigenvalue weighted by Crippen LogP contribution is 2.32. The molecule has 1 radical (unpaired) electrons. The minimum atomic E-state index is -4.27. The van der Waals surface area contributed by atoms with Gasteiger partial charge in [0, 0.05) is 0 Å². The van der Waals surface area contributed by atoms with E-state index in [9.17, 15) is 13.2 Å². The average Bonchev–Trinajstić information content (AvgIpc) is 2.13. The molecule has 15 heavy (non-hydrogen) atoms. The topological polar surface area (TPSA) is 0 Å². The zero-order valence-corrected chi connectivity index (χ0v) is 9.60. The van der Waals surface area contributed by atoms with E-state index in [1.807, 2.05) is 18.8 Å². The maximum Gasteiger partial charge on any atom is 0.416 e. The SMILES string of the molecule is C[Si](C)C=Cc1ccccc1C(F)(F)F. The number of benzene rings is 1. The Morgan fingerprint density at radius 1 is 1.13 bits per heavy atom. The van der Waals surface area contributed by atoms with Crippen molar-refractivity contribution in [2.24, 2.45) is 0 Å². The molecule has 0 aliphatic heterocycles. The van der Waals surface area contributed by atoms with Crippen molar-refractivity contribution in [1.29, 1.82) is 0 Å². The lowest BCUT2D eigenvalue weighted by Crippen LogP contribution is -2.07. The van der Waals surface area contributed by atoms with Gasteiger partial charge in [-0.1, -0.05) is 43.1 Å². The fraction of sp³-hybridized carbons (Fsp3) is 0.273. The van der Waals surface area contributed by atoms with Crippen molar-refractivity contribution in [1.82, 2.24) is 0 Å². The van der Waals surface area contributed by atoms with Gasteiger partial charge in [-0.25, -0.2) is 0 Å². The summed E-state index contributed by atoms with van der Waals surface area (Å²) in [6.07, 6.45) is -2.70. The van der Waals surface area contributed by atoms with E-state index in [0.717, 1.165) is 6.07 Å². The summed E-state index contributed by atoms with van der Waals surface area (Å²) >= 11 is 0. The lowest BCUT2D eigenvalue weighted by atomic mass is 10.1. The van der Waals surface area contributed by atoms with Gasteiger partial charge in [0.15, 0.2) is 0 Å². The minimum absolute atomic E-state index is 0.246. The molecular weight excluding hydrogens is 217 g/mol. The van der Waals surface area contributed by atoms with Gasteiger partial charge in [0.1, 0.15) is 0 Å². The van der Waals surface area contributed by atoms with Crippen LogP contribution >= 0.6 is 0 Å². The third-order valence-corrected chi connectivity index (χ3v) is 2.70. The predicted molar refractivity (Wildman–Crippen MR) is 58.0 cm³/mol. The number of alkyl halides is 3. The molecule has 0 bridgehead atoms. The monoisotopic (exact) mass is 229 g/mol. The molecule has 0 unspecified atom stereocenters. The second-order valence-corrected chi connectivity index (χ2v) is 5.98. The van der Waals surface area contributed by atoms with Crippen LogP contribution in [0.25, 0.3) is 6.08 Å². The third-order valence-electron chi connectivity index (χ3n) is 1.86. The molecule has 0 amide bonds. The van der Waals surface area contributed by atoms with E-state index < -0.39 is 20.5 Å². The number of halogens is 3. The largest absolute Gasteiger partial charge is 0.416 e. The van der Waals surface area contributed by atoms with Crippen LogP contribution in [-0.2, 0) is 6.18 Å². The zero-order valence-electron chi connectivity index (χ0n) is 8.60. The summed E-state index contributed by atoms with van der Waals surface area (Å²) in [6.45, 7) is 4.05. The van der Waals surface area contributed by atoms with Crippen molar-refractivity contribution in [3.05, 3.63) is 41.1 Å². The zero-order chi connectivity index (χ0) is 11.5. The molecule has 0 atom stereocenters. The van der Waals surface area contributed by atoms with Gasteiger partial charge in [-0.05, 0) is 11.6 Å². The van der Waals surface area contributed by atoms with E-state index in [-0.39, 0.29) is 5.56 Å². The quantitative estimate of drug-likeness (QED) is 0.672.